The third-order valence-corrected chi connectivity index (χ3v) is 5.09. The fourth-order valence-corrected chi connectivity index (χ4v) is 3.69. The lowest BCUT2D eigenvalue weighted by Gasteiger charge is -2.07. The zero-order valence-electron chi connectivity index (χ0n) is 14.1. The lowest BCUT2D eigenvalue weighted by molar-refractivity contribution is -0.110. The molecular weight excluding hydrogens is 344 g/mol. The molecule has 0 spiro atoms. The number of hydrogen-bond acceptors (Lipinski definition) is 3. The lowest BCUT2D eigenvalue weighted by atomic mass is 10.0. The molecule has 128 valence electrons. The van der Waals surface area contributed by atoms with Crippen LogP contribution in [-0.4, -0.2) is 11.8 Å². The van der Waals surface area contributed by atoms with Crippen molar-refractivity contribution in [3.8, 4) is 0 Å². The van der Waals surface area contributed by atoms with Crippen LogP contribution in [-0.2, 0) is 4.79 Å². The molecule has 1 aliphatic rings. The van der Waals surface area contributed by atoms with Crippen molar-refractivity contribution in [1.29, 1.82) is 0 Å². The summed E-state index contributed by atoms with van der Waals surface area (Å²) in [6.45, 7) is 2.03. The molecule has 0 fully saturated rings. The van der Waals surface area contributed by atoms with Crippen molar-refractivity contribution in [2.24, 2.45) is 0 Å². The van der Waals surface area contributed by atoms with Gasteiger partial charge in [0.25, 0.3) is 11.8 Å². The fraction of sp³-hybridized carbons (Fsp3) is 0.0476. The first-order valence-corrected chi connectivity index (χ1v) is 9.02. The minimum atomic E-state index is -0.204. The highest BCUT2D eigenvalue weighted by atomic mass is 32.1. The topological polar surface area (TPSA) is 58.2 Å². The van der Waals surface area contributed by atoms with Crippen molar-refractivity contribution in [3.05, 3.63) is 81.5 Å². The van der Waals surface area contributed by atoms with Crippen LogP contribution in [0.4, 0.5) is 11.4 Å². The van der Waals surface area contributed by atoms with Crippen LogP contribution in [0.15, 0.2) is 60.7 Å². The molecule has 0 atom stereocenters. The minimum Gasteiger partial charge on any atom is -0.322 e. The van der Waals surface area contributed by atoms with E-state index >= 15 is 0 Å². The Balaban J connectivity index is 1.66. The van der Waals surface area contributed by atoms with Gasteiger partial charge in [-0.15, -0.1) is 11.3 Å². The lowest BCUT2D eigenvalue weighted by Crippen LogP contribution is -2.11. The van der Waals surface area contributed by atoms with Gasteiger partial charge in [-0.3, -0.25) is 9.59 Å². The van der Waals surface area contributed by atoms with Crippen LogP contribution >= 0.6 is 11.3 Å². The number of benzene rings is 2. The van der Waals surface area contributed by atoms with Gasteiger partial charge in [-0.2, -0.15) is 0 Å². The maximum Gasteiger partial charge on any atom is 0.256 e. The first kappa shape index (κ1) is 16.3. The van der Waals surface area contributed by atoms with Crippen LogP contribution in [0.25, 0.3) is 11.6 Å². The van der Waals surface area contributed by atoms with Crippen molar-refractivity contribution in [1.82, 2.24) is 0 Å². The zero-order valence-corrected chi connectivity index (χ0v) is 14.9. The molecule has 0 unspecified atom stereocenters. The Morgan fingerprint density at radius 1 is 1.08 bits per heavy atom. The summed E-state index contributed by atoms with van der Waals surface area (Å²) >= 11 is 1.63. The Morgan fingerprint density at radius 2 is 1.88 bits per heavy atom. The highest BCUT2D eigenvalue weighted by molar-refractivity contribution is 7.12. The second-order valence-electron chi connectivity index (χ2n) is 6.04. The molecule has 2 N–H and O–H groups in total. The molecule has 0 saturated carbocycles. The number of nitrogens with one attached hydrogen (secondary N) is 2. The van der Waals surface area contributed by atoms with Crippen molar-refractivity contribution >= 4 is 46.2 Å². The second-order valence-corrected chi connectivity index (χ2v) is 7.36. The van der Waals surface area contributed by atoms with Gasteiger partial charge in [0.15, 0.2) is 0 Å². The third-order valence-electron chi connectivity index (χ3n) is 4.14. The third kappa shape index (κ3) is 3.17. The molecule has 0 radical (unpaired) electrons. The summed E-state index contributed by atoms with van der Waals surface area (Å²) in [5.41, 5.74) is 3.30. The Labute approximate surface area is 155 Å². The quantitative estimate of drug-likeness (QED) is 0.659. The van der Waals surface area contributed by atoms with E-state index in [0.717, 1.165) is 21.8 Å². The van der Waals surface area contributed by atoms with Crippen LogP contribution in [0, 0.1) is 6.92 Å². The van der Waals surface area contributed by atoms with Gasteiger partial charge in [0.2, 0.25) is 0 Å². The Kier molecular flexibility index (Phi) is 4.14. The highest BCUT2D eigenvalue weighted by Crippen LogP contribution is 2.35. The molecule has 0 aliphatic carbocycles. The van der Waals surface area contributed by atoms with E-state index in [4.69, 9.17) is 0 Å². The molecule has 2 amide bonds. The van der Waals surface area contributed by atoms with Crippen molar-refractivity contribution in [2.75, 3.05) is 10.6 Å². The van der Waals surface area contributed by atoms with Crippen LogP contribution in [0.1, 0.15) is 25.7 Å². The average Bonchev–Trinajstić information content (AvgIpc) is 3.19. The van der Waals surface area contributed by atoms with E-state index < -0.39 is 0 Å². The number of thiophene rings is 1. The monoisotopic (exact) mass is 360 g/mol. The Morgan fingerprint density at radius 3 is 2.62 bits per heavy atom. The van der Waals surface area contributed by atoms with Gasteiger partial charge in [-0.1, -0.05) is 18.2 Å². The maximum atomic E-state index is 12.5. The van der Waals surface area contributed by atoms with E-state index in [9.17, 15) is 9.59 Å². The predicted molar refractivity (Wildman–Crippen MR) is 106 cm³/mol. The molecule has 4 rings (SSSR count). The van der Waals surface area contributed by atoms with Gasteiger partial charge in [0, 0.05) is 32.3 Å². The molecule has 5 heteroatoms. The molecule has 1 aliphatic heterocycles. The van der Waals surface area contributed by atoms with Gasteiger partial charge in [-0.25, -0.2) is 0 Å². The van der Waals surface area contributed by atoms with E-state index in [1.54, 1.807) is 29.5 Å². The van der Waals surface area contributed by atoms with Gasteiger partial charge in [0.1, 0.15) is 0 Å². The number of aryl methyl sites for hydroxylation is 1. The Hall–Kier alpha value is -3.18. The van der Waals surface area contributed by atoms with E-state index in [1.165, 1.54) is 4.88 Å². The Bertz CT molecular complexity index is 1040. The number of carbonyl (C=O) groups is 2. The van der Waals surface area contributed by atoms with Gasteiger partial charge in [0.05, 0.1) is 5.57 Å². The molecule has 1 aromatic heterocycles. The van der Waals surface area contributed by atoms with Crippen LogP contribution in [0.5, 0.6) is 0 Å². The smallest absolute Gasteiger partial charge is 0.256 e. The van der Waals surface area contributed by atoms with Gasteiger partial charge < -0.3 is 10.6 Å². The molecule has 2 heterocycles. The predicted octanol–water partition coefficient (Wildman–Crippen LogP) is 4.80. The van der Waals surface area contributed by atoms with Crippen LogP contribution in [0.2, 0.25) is 0 Å². The average molecular weight is 360 g/mol. The number of anilines is 2. The molecule has 3 aromatic rings. The summed E-state index contributed by atoms with van der Waals surface area (Å²) < 4.78 is 0. The first-order chi connectivity index (χ1) is 12.6. The number of fused-ring (bicyclic) bond motifs is 1. The number of carbonyl (C=O) groups excluding carboxylic acids is 2. The van der Waals surface area contributed by atoms with Gasteiger partial charge in [-0.05, 0) is 55.5 Å². The molecule has 0 saturated heterocycles. The number of amides is 2. The zero-order chi connectivity index (χ0) is 18.1. The number of hydrogen-bond donors (Lipinski definition) is 2. The van der Waals surface area contributed by atoms with Crippen molar-refractivity contribution < 1.29 is 9.59 Å². The van der Waals surface area contributed by atoms with E-state index in [1.807, 2.05) is 55.5 Å². The normalized spacial score (nSPS) is 14.2. The SMILES string of the molecule is Cc1ccc(C=C2C(=O)Nc3ccc(C(=O)Nc4ccccc4)cc32)s1. The van der Waals surface area contributed by atoms with Crippen LogP contribution in [0.3, 0.4) is 0 Å². The summed E-state index contributed by atoms with van der Waals surface area (Å²) in [5, 5.41) is 5.72. The van der Waals surface area contributed by atoms with Crippen molar-refractivity contribution in [2.45, 2.75) is 6.92 Å². The molecule has 26 heavy (non-hydrogen) atoms. The highest BCUT2D eigenvalue weighted by Gasteiger charge is 2.25. The van der Waals surface area contributed by atoms with E-state index in [-0.39, 0.29) is 11.8 Å². The second kappa shape index (κ2) is 6.61. The molecular formula is C21H16N2O2S. The summed E-state index contributed by atoms with van der Waals surface area (Å²) in [7, 11) is 0. The molecule has 0 bridgehead atoms. The largest absolute Gasteiger partial charge is 0.322 e. The number of para-hydroxylation sites is 1. The first-order valence-electron chi connectivity index (χ1n) is 8.20. The van der Waals surface area contributed by atoms with E-state index in [0.29, 0.717) is 11.1 Å². The summed E-state index contributed by atoms with van der Waals surface area (Å²) in [6, 6.07) is 18.6. The fourth-order valence-electron chi connectivity index (χ4n) is 2.87. The standard InChI is InChI=1S/C21H16N2O2S/c1-13-7-9-16(26-13)12-18-17-11-14(8-10-19(17)23-21(18)25)20(24)22-15-5-3-2-4-6-15/h2-12H,1H3,(H,22,24)(H,23,25). The minimum absolute atomic E-state index is 0.147. The summed E-state index contributed by atoms with van der Waals surface area (Å²) in [5.74, 6) is -0.351. The summed E-state index contributed by atoms with van der Waals surface area (Å²) in [4.78, 5) is 27.1. The van der Waals surface area contributed by atoms with Crippen molar-refractivity contribution in [3.63, 3.8) is 0 Å². The van der Waals surface area contributed by atoms with Gasteiger partial charge >= 0.3 is 0 Å². The number of rotatable bonds is 3. The summed E-state index contributed by atoms with van der Waals surface area (Å²) in [6.07, 6.45) is 1.87. The maximum absolute atomic E-state index is 12.5. The van der Waals surface area contributed by atoms with E-state index in [2.05, 4.69) is 10.6 Å². The molecule has 4 nitrogen and oxygen atoms in total. The van der Waals surface area contributed by atoms with Crippen LogP contribution < -0.4 is 10.6 Å². The molecule has 2 aromatic carbocycles.